The van der Waals surface area contributed by atoms with Crippen molar-refractivity contribution in [2.75, 3.05) is 0 Å². The van der Waals surface area contributed by atoms with Gasteiger partial charge in [0.25, 0.3) is 0 Å². The molecule has 7 heavy (non-hydrogen) atoms. The zero-order chi connectivity index (χ0) is 5.11. The molecule has 1 rings (SSSR count). The van der Waals surface area contributed by atoms with Gasteiger partial charge in [-0.3, -0.25) is 0 Å². The fourth-order valence-corrected chi connectivity index (χ4v) is 1.10. The van der Waals surface area contributed by atoms with Crippen molar-refractivity contribution >= 4 is 22.9 Å². The van der Waals surface area contributed by atoms with Gasteiger partial charge >= 0.3 is 0 Å². The molecule has 0 saturated carbocycles. The lowest BCUT2D eigenvalue weighted by molar-refractivity contribution is 1.84. The number of rotatable bonds is 1. The topological polar surface area (TPSA) is 0 Å². The first-order valence-electron chi connectivity index (χ1n) is 1.90. The molecular formula is C5H4ClS. The molecule has 1 aromatic heterocycles. The number of hydrogen-bond acceptors (Lipinski definition) is 1. The summed E-state index contributed by atoms with van der Waals surface area (Å²) in [6.45, 7) is 0. The summed E-state index contributed by atoms with van der Waals surface area (Å²) in [4.78, 5) is 1.11. The quantitative estimate of drug-likeness (QED) is 0.550. The van der Waals surface area contributed by atoms with Crippen LogP contribution in [0.3, 0.4) is 0 Å². The van der Waals surface area contributed by atoms with Crippen LogP contribution in [0.15, 0.2) is 17.5 Å². The fourth-order valence-electron chi connectivity index (χ4n) is 0.353. The van der Waals surface area contributed by atoms with Crippen LogP contribution in [0.2, 0.25) is 0 Å². The third-order valence-electron chi connectivity index (χ3n) is 0.651. The van der Waals surface area contributed by atoms with Crippen LogP contribution in [0.5, 0.6) is 0 Å². The van der Waals surface area contributed by atoms with E-state index in [9.17, 15) is 0 Å². The summed E-state index contributed by atoms with van der Waals surface area (Å²) in [6, 6.07) is 3.94. The molecule has 0 saturated heterocycles. The fraction of sp³-hybridized carbons (Fsp3) is 0. The van der Waals surface area contributed by atoms with Gasteiger partial charge in [-0.1, -0.05) is 6.07 Å². The molecule has 0 aliphatic carbocycles. The van der Waals surface area contributed by atoms with E-state index in [0.29, 0.717) is 0 Å². The van der Waals surface area contributed by atoms with E-state index in [1.807, 2.05) is 17.5 Å². The highest BCUT2D eigenvalue weighted by molar-refractivity contribution is 7.10. The lowest BCUT2D eigenvalue weighted by Gasteiger charge is -1.75. The van der Waals surface area contributed by atoms with Crippen LogP contribution in [-0.4, -0.2) is 0 Å². The minimum atomic E-state index is 1.11. The van der Waals surface area contributed by atoms with Gasteiger partial charge in [0.15, 0.2) is 0 Å². The Kier molecular flexibility index (Phi) is 1.71. The van der Waals surface area contributed by atoms with Crippen molar-refractivity contribution in [1.82, 2.24) is 0 Å². The molecular weight excluding hydrogens is 128 g/mol. The van der Waals surface area contributed by atoms with Gasteiger partial charge in [-0.2, -0.15) is 0 Å². The third kappa shape index (κ3) is 1.18. The molecule has 0 bridgehead atoms. The summed E-state index contributed by atoms with van der Waals surface area (Å²) < 4.78 is 0. The summed E-state index contributed by atoms with van der Waals surface area (Å²) in [7, 11) is 0. The van der Waals surface area contributed by atoms with Crippen molar-refractivity contribution in [3.8, 4) is 0 Å². The molecule has 0 aromatic carbocycles. The van der Waals surface area contributed by atoms with Gasteiger partial charge in [-0.25, -0.2) is 0 Å². The van der Waals surface area contributed by atoms with Crippen molar-refractivity contribution in [3.05, 3.63) is 28.3 Å². The van der Waals surface area contributed by atoms with Gasteiger partial charge in [-0.05, 0) is 11.4 Å². The second kappa shape index (κ2) is 2.34. The maximum absolute atomic E-state index is 5.35. The van der Waals surface area contributed by atoms with Gasteiger partial charge in [0.2, 0.25) is 0 Å². The summed E-state index contributed by atoms with van der Waals surface area (Å²) in [5.41, 5.74) is 0. The van der Waals surface area contributed by atoms with Gasteiger partial charge in [0, 0.05) is 4.88 Å². The van der Waals surface area contributed by atoms with Crippen LogP contribution >= 0.6 is 22.9 Å². The van der Waals surface area contributed by atoms with Crippen molar-refractivity contribution in [3.63, 3.8) is 0 Å². The maximum atomic E-state index is 5.35. The average molecular weight is 132 g/mol. The van der Waals surface area contributed by atoms with E-state index in [2.05, 4.69) is 0 Å². The Hall–Kier alpha value is -0.0100. The normalized spacial score (nSPS) is 9.29. The van der Waals surface area contributed by atoms with E-state index in [-0.39, 0.29) is 0 Å². The Morgan fingerprint density at radius 1 is 1.71 bits per heavy atom. The van der Waals surface area contributed by atoms with Crippen LogP contribution in [0, 0.1) is 5.88 Å². The Morgan fingerprint density at radius 2 is 2.57 bits per heavy atom. The molecule has 0 N–H and O–H groups in total. The van der Waals surface area contributed by atoms with Crippen LogP contribution in [0.4, 0.5) is 0 Å². The first kappa shape index (κ1) is 5.13. The van der Waals surface area contributed by atoms with Crippen molar-refractivity contribution in [2.45, 2.75) is 0 Å². The standard InChI is InChI=1S/C5H4ClS/c6-4-5-2-1-3-7-5/h1-4H. The number of thiophene rings is 1. The van der Waals surface area contributed by atoms with Crippen LogP contribution in [-0.2, 0) is 0 Å². The van der Waals surface area contributed by atoms with Gasteiger partial charge in [0.05, 0.1) is 5.88 Å². The maximum Gasteiger partial charge on any atom is 0.0890 e. The van der Waals surface area contributed by atoms with Gasteiger partial charge in [0.1, 0.15) is 0 Å². The van der Waals surface area contributed by atoms with E-state index >= 15 is 0 Å². The molecule has 2 heteroatoms. The predicted octanol–water partition coefficient (Wildman–Crippen LogP) is 2.50. The lowest BCUT2D eigenvalue weighted by atomic mass is 10.5. The first-order chi connectivity index (χ1) is 3.43. The Bertz CT molecular complexity index is 123. The van der Waals surface area contributed by atoms with E-state index in [0.717, 1.165) is 4.88 Å². The highest BCUT2D eigenvalue weighted by Gasteiger charge is 1.85. The molecule has 0 amide bonds. The van der Waals surface area contributed by atoms with Crippen LogP contribution < -0.4 is 0 Å². The molecule has 0 aliphatic heterocycles. The molecule has 0 aliphatic rings. The summed E-state index contributed by atoms with van der Waals surface area (Å²) in [5.74, 6) is 1.57. The monoisotopic (exact) mass is 131 g/mol. The van der Waals surface area contributed by atoms with E-state index < -0.39 is 0 Å². The van der Waals surface area contributed by atoms with Gasteiger partial charge in [-0.15, -0.1) is 22.9 Å². The molecule has 0 unspecified atom stereocenters. The van der Waals surface area contributed by atoms with Crippen molar-refractivity contribution in [2.24, 2.45) is 0 Å². The highest BCUT2D eigenvalue weighted by atomic mass is 35.5. The summed E-state index contributed by atoms with van der Waals surface area (Å²) in [5, 5.41) is 1.99. The second-order valence-corrected chi connectivity index (χ2v) is 2.32. The van der Waals surface area contributed by atoms with E-state index in [1.54, 1.807) is 17.2 Å². The molecule has 0 nitrogen and oxygen atoms in total. The Balaban J connectivity index is 2.76. The van der Waals surface area contributed by atoms with Crippen molar-refractivity contribution in [1.29, 1.82) is 0 Å². The lowest BCUT2D eigenvalue weighted by Crippen LogP contribution is -1.54. The molecule has 0 fully saturated rings. The molecule has 0 spiro atoms. The predicted molar refractivity (Wildman–Crippen MR) is 33.6 cm³/mol. The van der Waals surface area contributed by atoms with E-state index in [4.69, 9.17) is 11.6 Å². The third-order valence-corrected chi connectivity index (χ3v) is 1.83. The molecule has 37 valence electrons. The molecule has 1 heterocycles. The molecule has 1 radical (unpaired) electrons. The van der Waals surface area contributed by atoms with E-state index in [1.165, 1.54) is 0 Å². The average Bonchev–Trinajstić information content (AvgIpc) is 2.14. The number of halogens is 1. The van der Waals surface area contributed by atoms with Crippen LogP contribution in [0.1, 0.15) is 4.88 Å². The smallest absolute Gasteiger partial charge is 0.0890 e. The summed E-state index contributed by atoms with van der Waals surface area (Å²) in [6.07, 6.45) is 0. The second-order valence-electron chi connectivity index (χ2n) is 1.12. The molecule has 1 aromatic rings. The largest absolute Gasteiger partial charge is 0.147 e. The zero-order valence-corrected chi connectivity index (χ0v) is 5.17. The Morgan fingerprint density at radius 3 is 2.86 bits per heavy atom. The minimum Gasteiger partial charge on any atom is -0.147 e. The Labute approximate surface area is 51.7 Å². The number of hydrogen-bond donors (Lipinski definition) is 0. The highest BCUT2D eigenvalue weighted by Crippen LogP contribution is 2.11. The van der Waals surface area contributed by atoms with Crippen molar-refractivity contribution < 1.29 is 0 Å². The zero-order valence-electron chi connectivity index (χ0n) is 3.60. The van der Waals surface area contributed by atoms with Gasteiger partial charge < -0.3 is 0 Å². The molecule has 0 atom stereocenters. The first-order valence-corrected chi connectivity index (χ1v) is 3.22. The minimum absolute atomic E-state index is 1.11. The summed E-state index contributed by atoms with van der Waals surface area (Å²) >= 11 is 6.99. The van der Waals surface area contributed by atoms with Crippen LogP contribution in [0.25, 0.3) is 0 Å². The SMILES string of the molecule is Cl[CH]c1cccs1.